The Kier molecular flexibility index (Phi) is 3.52. The van der Waals surface area contributed by atoms with Crippen LogP contribution in [0.3, 0.4) is 0 Å². The molecule has 5 heteroatoms. The van der Waals surface area contributed by atoms with Crippen molar-refractivity contribution < 1.29 is 9.59 Å². The molecule has 0 radical (unpaired) electrons. The molecule has 1 fully saturated rings. The van der Waals surface area contributed by atoms with E-state index in [1.54, 1.807) is 23.9 Å². The summed E-state index contributed by atoms with van der Waals surface area (Å²) in [5, 5.41) is 0. The number of likely N-dealkylation sites (N-methyl/N-ethyl adjacent to an activating group) is 1. The highest BCUT2D eigenvalue weighted by Crippen LogP contribution is 2.18. The van der Waals surface area contributed by atoms with E-state index in [4.69, 9.17) is 0 Å². The van der Waals surface area contributed by atoms with E-state index in [2.05, 4.69) is 4.90 Å². The predicted molar refractivity (Wildman–Crippen MR) is 68.8 cm³/mol. The Bertz CT molecular complexity index is 465. The van der Waals surface area contributed by atoms with Crippen LogP contribution in [0.25, 0.3) is 0 Å². The highest BCUT2D eigenvalue weighted by Gasteiger charge is 2.29. The summed E-state index contributed by atoms with van der Waals surface area (Å²) in [6, 6.07) is 2.13. The molecule has 0 N–H and O–H groups in total. The van der Waals surface area contributed by atoms with Crippen molar-refractivity contribution in [1.82, 2.24) is 14.4 Å². The van der Waals surface area contributed by atoms with Crippen LogP contribution in [0.1, 0.15) is 27.3 Å². The van der Waals surface area contributed by atoms with E-state index >= 15 is 0 Å². The standard InChI is InChI=1S/C13H19N3O2/c1-14(2)10-4-7-16(8-10)13(18)11-5-6-15(3)12(11)9-17/h5-6,9-10H,4,7-8H2,1-3H3/t10-/m0/s1. The molecule has 1 aliphatic heterocycles. The van der Waals surface area contributed by atoms with Gasteiger partial charge in [-0.2, -0.15) is 0 Å². The molecule has 18 heavy (non-hydrogen) atoms. The summed E-state index contributed by atoms with van der Waals surface area (Å²) in [7, 11) is 5.82. The number of hydrogen-bond acceptors (Lipinski definition) is 3. The maximum absolute atomic E-state index is 12.3. The first-order valence-corrected chi connectivity index (χ1v) is 6.10. The van der Waals surface area contributed by atoms with Crippen molar-refractivity contribution in [3.05, 3.63) is 23.5 Å². The third kappa shape index (κ3) is 2.18. The average molecular weight is 249 g/mol. The summed E-state index contributed by atoms with van der Waals surface area (Å²) >= 11 is 0. The van der Waals surface area contributed by atoms with Crippen molar-refractivity contribution in [1.29, 1.82) is 0 Å². The van der Waals surface area contributed by atoms with Gasteiger partial charge in [0, 0.05) is 32.4 Å². The molecule has 1 aliphatic rings. The minimum atomic E-state index is -0.0398. The molecule has 1 atom stereocenters. The second-order valence-electron chi connectivity index (χ2n) is 5.00. The first kappa shape index (κ1) is 12.8. The quantitative estimate of drug-likeness (QED) is 0.737. The maximum atomic E-state index is 12.3. The lowest BCUT2D eigenvalue weighted by Crippen LogP contribution is -2.34. The molecule has 1 aromatic rings. The molecule has 1 aromatic heterocycles. The molecule has 0 spiro atoms. The van der Waals surface area contributed by atoms with E-state index in [0.29, 0.717) is 17.3 Å². The molecule has 0 bridgehead atoms. The van der Waals surface area contributed by atoms with Gasteiger partial charge in [-0.3, -0.25) is 9.59 Å². The summed E-state index contributed by atoms with van der Waals surface area (Å²) in [5.74, 6) is -0.0398. The number of nitrogens with zero attached hydrogens (tertiary/aromatic N) is 3. The smallest absolute Gasteiger partial charge is 0.256 e. The zero-order valence-electron chi connectivity index (χ0n) is 11.1. The molecule has 5 nitrogen and oxygen atoms in total. The Hall–Kier alpha value is -1.62. The van der Waals surface area contributed by atoms with Crippen LogP contribution in [0.15, 0.2) is 12.3 Å². The molecule has 2 heterocycles. The van der Waals surface area contributed by atoms with Crippen LogP contribution in [0.4, 0.5) is 0 Å². The third-order valence-corrected chi connectivity index (χ3v) is 3.64. The minimum Gasteiger partial charge on any atom is -0.348 e. The van der Waals surface area contributed by atoms with Crippen LogP contribution in [-0.4, -0.2) is 59.8 Å². The molecule has 98 valence electrons. The molecular formula is C13H19N3O2. The number of amides is 1. The van der Waals surface area contributed by atoms with E-state index in [1.807, 2.05) is 19.0 Å². The zero-order valence-corrected chi connectivity index (χ0v) is 11.1. The Morgan fingerprint density at radius 2 is 2.22 bits per heavy atom. The molecule has 1 amide bonds. The fourth-order valence-electron chi connectivity index (χ4n) is 2.39. The summed E-state index contributed by atoms with van der Waals surface area (Å²) in [6.07, 6.45) is 3.48. The van der Waals surface area contributed by atoms with Crippen LogP contribution in [0.2, 0.25) is 0 Å². The maximum Gasteiger partial charge on any atom is 0.256 e. The topological polar surface area (TPSA) is 45.5 Å². The summed E-state index contributed by atoms with van der Waals surface area (Å²) < 4.78 is 1.68. The van der Waals surface area contributed by atoms with Crippen molar-refractivity contribution in [2.75, 3.05) is 27.2 Å². The van der Waals surface area contributed by atoms with Crippen molar-refractivity contribution in [2.24, 2.45) is 7.05 Å². The van der Waals surface area contributed by atoms with Crippen LogP contribution in [0.5, 0.6) is 0 Å². The van der Waals surface area contributed by atoms with Gasteiger partial charge in [0.25, 0.3) is 5.91 Å². The van der Waals surface area contributed by atoms with E-state index in [1.165, 1.54) is 0 Å². The van der Waals surface area contributed by atoms with Gasteiger partial charge < -0.3 is 14.4 Å². The number of aryl methyl sites for hydroxylation is 1. The van der Waals surface area contributed by atoms with E-state index in [0.717, 1.165) is 25.8 Å². The van der Waals surface area contributed by atoms with Gasteiger partial charge in [0.1, 0.15) is 0 Å². The zero-order chi connectivity index (χ0) is 13.3. The van der Waals surface area contributed by atoms with Crippen molar-refractivity contribution >= 4 is 12.2 Å². The fourth-order valence-corrected chi connectivity index (χ4v) is 2.39. The van der Waals surface area contributed by atoms with Gasteiger partial charge in [0.15, 0.2) is 6.29 Å². The van der Waals surface area contributed by atoms with Crippen LogP contribution >= 0.6 is 0 Å². The number of rotatable bonds is 3. The van der Waals surface area contributed by atoms with Gasteiger partial charge in [0.2, 0.25) is 0 Å². The normalized spacial score (nSPS) is 19.6. The Morgan fingerprint density at radius 3 is 2.78 bits per heavy atom. The number of aromatic nitrogens is 1. The van der Waals surface area contributed by atoms with Crippen molar-refractivity contribution in [3.8, 4) is 0 Å². The lowest BCUT2D eigenvalue weighted by Gasteiger charge is -2.20. The lowest BCUT2D eigenvalue weighted by atomic mass is 10.2. The van der Waals surface area contributed by atoms with E-state index < -0.39 is 0 Å². The van der Waals surface area contributed by atoms with Gasteiger partial charge in [-0.15, -0.1) is 0 Å². The van der Waals surface area contributed by atoms with E-state index in [9.17, 15) is 9.59 Å². The minimum absolute atomic E-state index is 0.0398. The Balaban J connectivity index is 2.15. The van der Waals surface area contributed by atoms with Crippen LogP contribution in [-0.2, 0) is 7.05 Å². The molecular weight excluding hydrogens is 230 g/mol. The van der Waals surface area contributed by atoms with Gasteiger partial charge >= 0.3 is 0 Å². The number of aldehydes is 1. The highest BCUT2D eigenvalue weighted by molar-refractivity contribution is 6.01. The number of hydrogen-bond donors (Lipinski definition) is 0. The Morgan fingerprint density at radius 1 is 1.50 bits per heavy atom. The summed E-state index contributed by atoms with van der Waals surface area (Å²) in [6.45, 7) is 1.49. The number of carbonyl (C=O) groups excluding carboxylic acids is 2. The Labute approximate surface area is 107 Å². The molecule has 2 rings (SSSR count). The fraction of sp³-hybridized carbons (Fsp3) is 0.538. The van der Waals surface area contributed by atoms with Crippen molar-refractivity contribution in [3.63, 3.8) is 0 Å². The van der Waals surface area contributed by atoms with Crippen LogP contribution in [0, 0.1) is 0 Å². The molecule has 0 saturated carbocycles. The monoisotopic (exact) mass is 249 g/mol. The number of carbonyl (C=O) groups is 2. The van der Waals surface area contributed by atoms with Crippen molar-refractivity contribution in [2.45, 2.75) is 12.5 Å². The largest absolute Gasteiger partial charge is 0.348 e. The molecule has 1 saturated heterocycles. The second kappa shape index (κ2) is 4.94. The predicted octanol–water partition coefficient (Wildman–Crippen LogP) is 0.614. The summed E-state index contributed by atoms with van der Waals surface area (Å²) in [4.78, 5) is 27.3. The second-order valence-corrected chi connectivity index (χ2v) is 5.00. The lowest BCUT2D eigenvalue weighted by molar-refractivity contribution is 0.0779. The highest BCUT2D eigenvalue weighted by atomic mass is 16.2. The molecule has 0 aromatic carbocycles. The van der Waals surface area contributed by atoms with Crippen LogP contribution < -0.4 is 0 Å². The first-order chi connectivity index (χ1) is 8.54. The molecule has 0 aliphatic carbocycles. The van der Waals surface area contributed by atoms with Gasteiger partial charge in [-0.05, 0) is 26.6 Å². The molecule has 0 unspecified atom stereocenters. The number of likely N-dealkylation sites (tertiary alicyclic amines) is 1. The SMILES string of the molecule is CN(C)[C@H]1CCN(C(=O)c2ccn(C)c2C=O)C1. The van der Waals surface area contributed by atoms with E-state index in [-0.39, 0.29) is 5.91 Å². The first-order valence-electron chi connectivity index (χ1n) is 6.10. The van der Waals surface area contributed by atoms with Gasteiger partial charge in [-0.25, -0.2) is 0 Å². The third-order valence-electron chi connectivity index (χ3n) is 3.64. The van der Waals surface area contributed by atoms with Gasteiger partial charge in [0.05, 0.1) is 11.3 Å². The summed E-state index contributed by atoms with van der Waals surface area (Å²) in [5.41, 5.74) is 0.959. The average Bonchev–Trinajstić information content (AvgIpc) is 2.94. The van der Waals surface area contributed by atoms with Gasteiger partial charge in [-0.1, -0.05) is 0 Å².